The number of hydrogen-bond donors (Lipinski definition) is 1. The molecule has 0 spiro atoms. The first-order valence-electron chi connectivity index (χ1n) is 10.4. The number of hydrogen-bond acceptors (Lipinski definition) is 1. The molecule has 3 saturated carbocycles. The summed E-state index contributed by atoms with van der Waals surface area (Å²) in [6, 6.07) is 0.732. The highest BCUT2D eigenvalue weighted by Gasteiger charge is 2.57. The summed E-state index contributed by atoms with van der Waals surface area (Å²) in [6.45, 7) is 7.73. The smallest absolute Gasteiger partial charge is 0.0102 e. The van der Waals surface area contributed by atoms with Crippen molar-refractivity contribution in [1.82, 2.24) is 5.32 Å². The van der Waals surface area contributed by atoms with Gasteiger partial charge >= 0.3 is 0 Å². The SMILES string of the molecule is CC[C@H]1CC[C@H]2[C@@H]3CC=C4CC(NC)CC[C@]4(C)[C@H]3CC[C@]12C. The summed E-state index contributed by atoms with van der Waals surface area (Å²) in [6.07, 6.45) is 15.7. The van der Waals surface area contributed by atoms with Crippen LogP contribution >= 0.6 is 0 Å². The Morgan fingerprint density at radius 3 is 2.65 bits per heavy atom. The third kappa shape index (κ3) is 2.21. The maximum Gasteiger partial charge on any atom is 0.0102 e. The first-order chi connectivity index (χ1) is 11.0. The maximum absolute atomic E-state index is 3.54. The van der Waals surface area contributed by atoms with Crippen molar-refractivity contribution in [2.24, 2.45) is 34.5 Å². The van der Waals surface area contributed by atoms with E-state index in [-0.39, 0.29) is 0 Å². The Bertz CT molecular complexity index is 494. The van der Waals surface area contributed by atoms with Gasteiger partial charge in [0.1, 0.15) is 0 Å². The summed E-state index contributed by atoms with van der Waals surface area (Å²) in [7, 11) is 2.15. The minimum Gasteiger partial charge on any atom is -0.317 e. The van der Waals surface area contributed by atoms with Gasteiger partial charge < -0.3 is 5.32 Å². The minimum atomic E-state index is 0.530. The number of nitrogens with one attached hydrogen (secondary N) is 1. The molecule has 0 aromatic carbocycles. The van der Waals surface area contributed by atoms with Crippen molar-refractivity contribution < 1.29 is 0 Å². The molecule has 0 saturated heterocycles. The molecule has 1 N–H and O–H groups in total. The monoisotopic (exact) mass is 315 g/mol. The van der Waals surface area contributed by atoms with Crippen molar-refractivity contribution in [3.05, 3.63) is 11.6 Å². The van der Waals surface area contributed by atoms with E-state index in [9.17, 15) is 0 Å². The normalized spacial score (nSPS) is 52.3. The molecule has 0 aromatic heterocycles. The van der Waals surface area contributed by atoms with E-state index in [0.29, 0.717) is 10.8 Å². The lowest BCUT2D eigenvalue weighted by Gasteiger charge is -2.58. The van der Waals surface area contributed by atoms with Gasteiger partial charge in [-0.05, 0) is 92.9 Å². The third-order valence-corrected chi connectivity index (χ3v) is 9.20. The van der Waals surface area contributed by atoms with E-state index >= 15 is 0 Å². The van der Waals surface area contributed by atoms with Gasteiger partial charge in [0, 0.05) is 6.04 Å². The van der Waals surface area contributed by atoms with E-state index in [1.165, 1.54) is 57.8 Å². The predicted molar refractivity (Wildman–Crippen MR) is 98.3 cm³/mol. The molecule has 4 rings (SSSR count). The van der Waals surface area contributed by atoms with E-state index in [4.69, 9.17) is 0 Å². The van der Waals surface area contributed by atoms with Gasteiger partial charge in [-0.3, -0.25) is 0 Å². The second-order valence-electron chi connectivity index (χ2n) is 9.71. The molecule has 23 heavy (non-hydrogen) atoms. The second kappa shape index (κ2) is 5.61. The van der Waals surface area contributed by atoms with Crippen LogP contribution in [0.1, 0.15) is 78.6 Å². The number of fused-ring (bicyclic) bond motifs is 5. The van der Waals surface area contributed by atoms with Gasteiger partial charge in [0.15, 0.2) is 0 Å². The molecule has 0 aromatic rings. The topological polar surface area (TPSA) is 12.0 Å². The van der Waals surface area contributed by atoms with Crippen LogP contribution in [0.2, 0.25) is 0 Å². The van der Waals surface area contributed by atoms with E-state index < -0.39 is 0 Å². The second-order valence-corrected chi connectivity index (χ2v) is 9.71. The Morgan fingerprint density at radius 2 is 1.91 bits per heavy atom. The van der Waals surface area contributed by atoms with Crippen molar-refractivity contribution in [1.29, 1.82) is 0 Å². The lowest BCUT2D eigenvalue weighted by atomic mass is 9.47. The van der Waals surface area contributed by atoms with Crippen LogP contribution in [0.15, 0.2) is 11.6 Å². The highest BCUT2D eigenvalue weighted by Crippen LogP contribution is 2.66. The predicted octanol–water partition coefficient (Wildman–Crippen LogP) is 5.56. The Kier molecular flexibility index (Phi) is 3.95. The summed E-state index contributed by atoms with van der Waals surface area (Å²) in [4.78, 5) is 0. The largest absolute Gasteiger partial charge is 0.317 e. The molecule has 4 aliphatic rings. The average Bonchev–Trinajstić information content (AvgIpc) is 2.90. The minimum absolute atomic E-state index is 0.530. The Hall–Kier alpha value is -0.300. The van der Waals surface area contributed by atoms with Gasteiger partial charge in [-0.15, -0.1) is 0 Å². The van der Waals surface area contributed by atoms with Crippen molar-refractivity contribution >= 4 is 0 Å². The molecule has 0 bridgehead atoms. The van der Waals surface area contributed by atoms with Crippen LogP contribution in [0.4, 0.5) is 0 Å². The summed E-state index contributed by atoms with van der Waals surface area (Å²) in [5.41, 5.74) is 3.01. The van der Waals surface area contributed by atoms with E-state index in [0.717, 1.165) is 29.7 Å². The molecular weight excluding hydrogens is 278 g/mol. The van der Waals surface area contributed by atoms with Crippen LogP contribution < -0.4 is 5.32 Å². The lowest BCUT2D eigenvalue weighted by Crippen LogP contribution is -2.51. The Balaban J connectivity index is 1.63. The van der Waals surface area contributed by atoms with Crippen LogP contribution in [0.3, 0.4) is 0 Å². The zero-order valence-electron chi connectivity index (χ0n) is 15.8. The highest BCUT2D eigenvalue weighted by molar-refractivity contribution is 5.25. The standard InChI is InChI=1S/C22H37N/c1-5-15-7-9-19-18-8-6-16-14-17(23-4)10-12-22(16,3)20(18)11-13-21(15,19)2/h6,15,17-20,23H,5,7-14H2,1-4H3/t15-,17?,18-,19-,20-,21+,22-/m0/s1. The quantitative estimate of drug-likeness (QED) is 0.657. The van der Waals surface area contributed by atoms with E-state index in [1.807, 2.05) is 5.57 Å². The molecule has 1 nitrogen and oxygen atoms in total. The van der Waals surface area contributed by atoms with Crippen molar-refractivity contribution in [3.63, 3.8) is 0 Å². The summed E-state index contributed by atoms with van der Waals surface area (Å²) in [5, 5.41) is 3.54. The van der Waals surface area contributed by atoms with Gasteiger partial charge in [0.25, 0.3) is 0 Å². The van der Waals surface area contributed by atoms with Gasteiger partial charge in [0.05, 0.1) is 0 Å². The first kappa shape index (κ1) is 16.2. The van der Waals surface area contributed by atoms with Gasteiger partial charge in [-0.1, -0.05) is 38.8 Å². The van der Waals surface area contributed by atoms with Crippen LogP contribution in [0.5, 0.6) is 0 Å². The molecule has 0 amide bonds. The molecule has 7 atom stereocenters. The highest BCUT2D eigenvalue weighted by atomic mass is 14.9. The summed E-state index contributed by atoms with van der Waals surface area (Å²) in [5.74, 6) is 3.99. The lowest BCUT2D eigenvalue weighted by molar-refractivity contribution is -0.0430. The molecule has 0 radical (unpaired) electrons. The molecular formula is C22H37N. The fourth-order valence-electron chi connectivity index (χ4n) is 7.69. The average molecular weight is 316 g/mol. The van der Waals surface area contributed by atoms with Crippen LogP contribution in [0.25, 0.3) is 0 Å². The van der Waals surface area contributed by atoms with E-state index in [1.54, 1.807) is 0 Å². The van der Waals surface area contributed by atoms with Crippen LogP contribution in [-0.2, 0) is 0 Å². The molecule has 130 valence electrons. The fraction of sp³-hybridized carbons (Fsp3) is 0.909. The Labute approximate surface area is 143 Å². The zero-order chi connectivity index (χ0) is 16.2. The zero-order valence-corrected chi connectivity index (χ0v) is 15.8. The molecule has 1 unspecified atom stereocenters. The molecule has 0 aliphatic heterocycles. The summed E-state index contributed by atoms with van der Waals surface area (Å²) >= 11 is 0. The first-order valence-corrected chi connectivity index (χ1v) is 10.4. The van der Waals surface area contributed by atoms with Crippen molar-refractivity contribution in [3.8, 4) is 0 Å². The molecule has 0 heterocycles. The molecule has 1 heteroatoms. The number of allylic oxidation sites excluding steroid dienone is 1. The fourth-order valence-corrected chi connectivity index (χ4v) is 7.69. The van der Waals surface area contributed by atoms with E-state index in [2.05, 4.69) is 39.2 Å². The third-order valence-electron chi connectivity index (χ3n) is 9.20. The Morgan fingerprint density at radius 1 is 1.09 bits per heavy atom. The molecule has 4 aliphatic carbocycles. The maximum atomic E-state index is 3.54. The van der Waals surface area contributed by atoms with Crippen LogP contribution in [0, 0.1) is 34.5 Å². The van der Waals surface area contributed by atoms with Gasteiger partial charge in [-0.2, -0.15) is 0 Å². The number of rotatable bonds is 2. The van der Waals surface area contributed by atoms with Crippen LogP contribution in [-0.4, -0.2) is 13.1 Å². The molecule has 3 fully saturated rings. The summed E-state index contributed by atoms with van der Waals surface area (Å²) < 4.78 is 0. The van der Waals surface area contributed by atoms with Gasteiger partial charge in [0.2, 0.25) is 0 Å². The van der Waals surface area contributed by atoms with Gasteiger partial charge in [-0.25, -0.2) is 0 Å². The van der Waals surface area contributed by atoms with Crippen molar-refractivity contribution in [2.75, 3.05) is 7.05 Å². The van der Waals surface area contributed by atoms with Crippen molar-refractivity contribution in [2.45, 2.75) is 84.6 Å².